The van der Waals surface area contributed by atoms with Gasteiger partial charge in [0, 0.05) is 16.7 Å². The lowest BCUT2D eigenvalue weighted by atomic mass is 9.89. The van der Waals surface area contributed by atoms with Crippen LogP contribution in [0.1, 0.15) is 10.4 Å². The Balaban J connectivity index is 1.95. The molecule has 0 saturated carbocycles. The SMILES string of the molecule is O=C(NC1C=CC=CC1(Oc1cc(Cl)ccc1Cl)C(=O)O)c1ccccc1. The summed E-state index contributed by atoms with van der Waals surface area (Å²) in [5.41, 5.74) is -1.48. The highest BCUT2D eigenvalue weighted by Crippen LogP contribution is 2.34. The third kappa shape index (κ3) is 3.99. The standard InChI is InChI=1S/C20H15Cl2NO4/c21-14-9-10-15(22)16(12-14)27-20(19(25)26)11-5-4-8-17(20)23-18(24)13-6-2-1-3-7-13/h1-12,17H,(H,23,24)(H,25,26). The molecule has 0 radical (unpaired) electrons. The van der Waals surface area contributed by atoms with Crippen molar-refractivity contribution < 1.29 is 19.4 Å². The van der Waals surface area contributed by atoms with Crippen LogP contribution in [0.4, 0.5) is 0 Å². The van der Waals surface area contributed by atoms with Crippen molar-refractivity contribution in [1.29, 1.82) is 0 Å². The van der Waals surface area contributed by atoms with Crippen molar-refractivity contribution in [3.8, 4) is 5.75 Å². The van der Waals surface area contributed by atoms with E-state index in [0.29, 0.717) is 10.6 Å². The van der Waals surface area contributed by atoms with Crippen molar-refractivity contribution >= 4 is 35.1 Å². The van der Waals surface area contributed by atoms with Crippen molar-refractivity contribution in [1.82, 2.24) is 5.32 Å². The fourth-order valence-electron chi connectivity index (χ4n) is 2.67. The average Bonchev–Trinajstić information content (AvgIpc) is 2.66. The smallest absolute Gasteiger partial charge is 0.354 e. The van der Waals surface area contributed by atoms with E-state index in [2.05, 4.69) is 5.32 Å². The zero-order valence-corrected chi connectivity index (χ0v) is 15.4. The minimum atomic E-state index is -1.88. The first kappa shape index (κ1) is 19.0. The van der Waals surface area contributed by atoms with Gasteiger partial charge in [-0.15, -0.1) is 0 Å². The van der Waals surface area contributed by atoms with E-state index in [1.807, 2.05) is 0 Å². The molecule has 2 atom stereocenters. The molecule has 138 valence electrons. The first-order valence-corrected chi connectivity index (χ1v) is 8.77. The van der Waals surface area contributed by atoms with E-state index in [-0.39, 0.29) is 10.8 Å². The van der Waals surface area contributed by atoms with Crippen LogP contribution in [-0.4, -0.2) is 28.6 Å². The number of hydrogen-bond acceptors (Lipinski definition) is 3. The molecular formula is C20H15Cl2NO4. The van der Waals surface area contributed by atoms with Crippen LogP contribution in [0.25, 0.3) is 0 Å². The number of carbonyl (C=O) groups is 2. The highest BCUT2D eigenvalue weighted by atomic mass is 35.5. The normalized spacial score (nSPS) is 20.9. The van der Waals surface area contributed by atoms with Crippen LogP contribution in [0.2, 0.25) is 10.0 Å². The van der Waals surface area contributed by atoms with E-state index in [0.717, 1.165) is 0 Å². The molecule has 0 fully saturated rings. The number of halogens is 2. The average molecular weight is 404 g/mol. The molecule has 1 aliphatic carbocycles. The topological polar surface area (TPSA) is 75.6 Å². The Morgan fingerprint density at radius 2 is 1.81 bits per heavy atom. The Labute approximate surface area is 165 Å². The number of ether oxygens (including phenoxy) is 1. The number of allylic oxidation sites excluding steroid dienone is 2. The van der Waals surface area contributed by atoms with Crippen LogP contribution >= 0.6 is 23.2 Å². The van der Waals surface area contributed by atoms with Crippen molar-refractivity contribution in [2.75, 3.05) is 0 Å². The van der Waals surface area contributed by atoms with Gasteiger partial charge in [-0.3, -0.25) is 4.79 Å². The molecule has 0 aromatic heterocycles. The van der Waals surface area contributed by atoms with E-state index in [1.165, 1.54) is 24.3 Å². The fraction of sp³-hybridized carbons (Fsp3) is 0.100. The molecular weight excluding hydrogens is 389 g/mol. The summed E-state index contributed by atoms with van der Waals surface area (Å²) in [4.78, 5) is 24.7. The zero-order valence-electron chi connectivity index (χ0n) is 13.9. The number of benzene rings is 2. The summed E-state index contributed by atoms with van der Waals surface area (Å²) in [5.74, 6) is -1.60. The first-order valence-electron chi connectivity index (χ1n) is 8.02. The van der Waals surface area contributed by atoms with Crippen LogP contribution in [0.5, 0.6) is 5.75 Å². The fourth-order valence-corrected chi connectivity index (χ4v) is 2.99. The Kier molecular flexibility index (Phi) is 5.54. The van der Waals surface area contributed by atoms with Crippen LogP contribution < -0.4 is 10.1 Å². The van der Waals surface area contributed by atoms with E-state index in [4.69, 9.17) is 27.9 Å². The number of rotatable bonds is 5. The summed E-state index contributed by atoms with van der Waals surface area (Å²) in [6.45, 7) is 0. The van der Waals surface area contributed by atoms with Gasteiger partial charge in [-0.05, 0) is 30.3 Å². The highest BCUT2D eigenvalue weighted by molar-refractivity contribution is 6.34. The number of carboxylic acid groups (broad SMARTS) is 1. The van der Waals surface area contributed by atoms with Gasteiger partial charge in [-0.2, -0.15) is 0 Å². The highest BCUT2D eigenvalue weighted by Gasteiger charge is 2.47. The molecule has 0 bridgehead atoms. The monoisotopic (exact) mass is 403 g/mol. The van der Waals surface area contributed by atoms with Gasteiger partial charge in [0.2, 0.25) is 5.60 Å². The van der Waals surface area contributed by atoms with E-state index >= 15 is 0 Å². The Morgan fingerprint density at radius 3 is 2.52 bits per heavy atom. The minimum absolute atomic E-state index is 0.102. The molecule has 0 aliphatic heterocycles. The molecule has 27 heavy (non-hydrogen) atoms. The maximum Gasteiger partial charge on any atom is 0.354 e. The predicted octanol–water partition coefficient (Wildman–Crippen LogP) is 4.12. The second-order valence-electron chi connectivity index (χ2n) is 5.84. The lowest BCUT2D eigenvalue weighted by molar-refractivity contribution is -0.152. The molecule has 3 rings (SSSR count). The number of carboxylic acids is 1. The van der Waals surface area contributed by atoms with Crippen LogP contribution in [0.3, 0.4) is 0 Å². The molecule has 2 N–H and O–H groups in total. The van der Waals surface area contributed by atoms with Gasteiger partial charge in [0.15, 0.2) is 0 Å². The third-order valence-electron chi connectivity index (χ3n) is 4.05. The van der Waals surface area contributed by atoms with Crippen LogP contribution in [-0.2, 0) is 4.79 Å². The molecule has 2 aromatic rings. The lowest BCUT2D eigenvalue weighted by Crippen LogP contribution is -2.59. The van der Waals surface area contributed by atoms with Gasteiger partial charge in [0.1, 0.15) is 11.8 Å². The molecule has 0 spiro atoms. The number of amides is 1. The van der Waals surface area contributed by atoms with Crippen molar-refractivity contribution in [3.05, 3.63) is 88.4 Å². The second-order valence-corrected chi connectivity index (χ2v) is 6.68. The van der Waals surface area contributed by atoms with Gasteiger partial charge in [-0.1, -0.05) is 59.6 Å². The quantitative estimate of drug-likeness (QED) is 0.786. The Bertz CT molecular complexity index is 927. The summed E-state index contributed by atoms with van der Waals surface area (Å²) >= 11 is 12.1. The van der Waals surface area contributed by atoms with E-state index in [1.54, 1.807) is 48.6 Å². The predicted molar refractivity (Wildman–Crippen MR) is 103 cm³/mol. The van der Waals surface area contributed by atoms with Gasteiger partial charge >= 0.3 is 5.97 Å². The number of hydrogen-bond donors (Lipinski definition) is 2. The summed E-state index contributed by atoms with van der Waals surface area (Å²) in [6, 6.07) is 12.0. The molecule has 1 aliphatic rings. The number of carbonyl (C=O) groups excluding carboxylic acids is 1. The van der Waals surface area contributed by atoms with Crippen LogP contribution in [0, 0.1) is 0 Å². The molecule has 2 aromatic carbocycles. The molecule has 0 saturated heterocycles. The molecule has 5 nitrogen and oxygen atoms in total. The van der Waals surface area contributed by atoms with Gasteiger partial charge in [-0.25, -0.2) is 4.79 Å². The van der Waals surface area contributed by atoms with Crippen molar-refractivity contribution in [2.24, 2.45) is 0 Å². The molecule has 0 heterocycles. The van der Waals surface area contributed by atoms with Gasteiger partial charge in [0.05, 0.1) is 5.02 Å². The summed E-state index contributed by atoms with van der Waals surface area (Å²) in [7, 11) is 0. The van der Waals surface area contributed by atoms with Crippen molar-refractivity contribution in [2.45, 2.75) is 11.6 Å². The van der Waals surface area contributed by atoms with Gasteiger partial charge < -0.3 is 15.2 Å². The van der Waals surface area contributed by atoms with Gasteiger partial charge in [0.25, 0.3) is 5.91 Å². The number of nitrogens with one attached hydrogen (secondary N) is 1. The summed E-state index contributed by atoms with van der Waals surface area (Å²) in [5, 5.41) is 13.2. The largest absolute Gasteiger partial charge is 0.478 e. The maximum atomic E-state index is 12.5. The van der Waals surface area contributed by atoms with Crippen LogP contribution in [0.15, 0.2) is 72.8 Å². The summed E-state index contributed by atoms with van der Waals surface area (Å²) < 4.78 is 5.80. The van der Waals surface area contributed by atoms with E-state index in [9.17, 15) is 14.7 Å². The Morgan fingerprint density at radius 1 is 1.07 bits per heavy atom. The minimum Gasteiger partial charge on any atom is -0.478 e. The maximum absolute atomic E-state index is 12.5. The first-order chi connectivity index (χ1) is 12.9. The molecule has 2 unspecified atom stereocenters. The zero-order chi connectivity index (χ0) is 19.4. The van der Waals surface area contributed by atoms with E-state index < -0.39 is 23.5 Å². The third-order valence-corrected chi connectivity index (χ3v) is 4.60. The molecule has 1 amide bonds. The Hall–Kier alpha value is -2.76. The number of aliphatic carboxylic acids is 1. The lowest BCUT2D eigenvalue weighted by Gasteiger charge is -2.35. The van der Waals surface area contributed by atoms with Crippen molar-refractivity contribution in [3.63, 3.8) is 0 Å². The molecule has 7 heteroatoms. The second kappa shape index (κ2) is 7.86. The summed E-state index contributed by atoms with van der Waals surface area (Å²) in [6.07, 6.45) is 6.09.